The molecule has 0 aliphatic carbocycles. The number of carbonyl (C=O) groups is 1. The van der Waals surface area contributed by atoms with Gasteiger partial charge in [-0.15, -0.1) is 0 Å². The molecule has 2 aromatic heterocycles. The molecule has 9 nitrogen and oxygen atoms in total. The second-order valence-electron chi connectivity index (χ2n) is 8.51. The van der Waals surface area contributed by atoms with Crippen LogP contribution in [0.15, 0.2) is 58.6 Å². The van der Waals surface area contributed by atoms with E-state index in [9.17, 15) is 13.2 Å². The first-order chi connectivity index (χ1) is 17.7. The fraction of sp³-hybridized carbons (Fsp3) is 0.346. The van der Waals surface area contributed by atoms with E-state index in [1.807, 2.05) is 74.2 Å². The number of hydrogen-bond donors (Lipinski definition) is 1. The lowest BCUT2D eigenvalue weighted by Crippen LogP contribution is -2.30. The third-order valence-corrected chi connectivity index (χ3v) is 9.26. The zero-order valence-corrected chi connectivity index (χ0v) is 23.4. The van der Waals surface area contributed by atoms with Crippen LogP contribution in [0.5, 0.6) is 0 Å². The molecule has 0 unspecified atom stereocenters. The van der Waals surface area contributed by atoms with E-state index in [1.165, 1.54) is 16.1 Å². The first-order valence-corrected chi connectivity index (χ1v) is 14.7. The molecule has 1 N–H and O–H groups in total. The summed E-state index contributed by atoms with van der Waals surface area (Å²) in [6, 6.07) is 14.8. The molecule has 37 heavy (non-hydrogen) atoms. The molecule has 0 aliphatic rings. The molecule has 0 radical (unpaired) electrons. The molecule has 0 fully saturated rings. The quantitative estimate of drug-likeness (QED) is 0.295. The number of thioether (sulfide) groups is 1. The van der Waals surface area contributed by atoms with Gasteiger partial charge in [0.25, 0.3) is 0 Å². The smallest absolute Gasteiger partial charge is 0.243 e. The van der Waals surface area contributed by atoms with Crippen molar-refractivity contribution in [1.29, 1.82) is 0 Å². The van der Waals surface area contributed by atoms with Gasteiger partial charge in [0.15, 0.2) is 5.16 Å². The third kappa shape index (κ3) is 5.29. The van der Waals surface area contributed by atoms with E-state index in [-0.39, 0.29) is 16.6 Å². The predicted octanol–water partition coefficient (Wildman–Crippen LogP) is 4.62. The number of para-hydroxylation sites is 1. The summed E-state index contributed by atoms with van der Waals surface area (Å²) in [4.78, 5) is 17.8. The van der Waals surface area contributed by atoms with Crippen LogP contribution in [0.25, 0.3) is 16.7 Å². The summed E-state index contributed by atoms with van der Waals surface area (Å²) in [5.41, 5.74) is 4.64. The maximum Gasteiger partial charge on any atom is 0.243 e. The minimum absolute atomic E-state index is 0.156. The number of nitrogens with one attached hydrogen (secondary N) is 1. The van der Waals surface area contributed by atoms with Crippen LogP contribution in [-0.2, 0) is 21.4 Å². The Morgan fingerprint density at radius 2 is 1.76 bits per heavy atom. The van der Waals surface area contributed by atoms with Crippen LogP contribution in [0.4, 0.5) is 5.69 Å². The number of sulfonamides is 1. The topological polar surface area (TPSA) is 102 Å². The van der Waals surface area contributed by atoms with Crippen molar-refractivity contribution in [3.63, 3.8) is 0 Å². The molecule has 11 heteroatoms. The first kappa shape index (κ1) is 26.9. The summed E-state index contributed by atoms with van der Waals surface area (Å²) < 4.78 is 31.2. The van der Waals surface area contributed by atoms with Gasteiger partial charge in [0.1, 0.15) is 0 Å². The Bertz CT molecular complexity index is 1520. The number of rotatable bonds is 10. The largest absolute Gasteiger partial charge is 0.322 e. The molecule has 0 saturated heterocycles. The molecular formula is C26H32N6O3S2. The number of anilines is 1. The van der Waals surface area contributed by atoms with Crippen LogP contribution in [0.2, 0.25) is 0 Å². The van der Waals surface area contributed by atoms with E-state index in [0.29, 0.717) is 36.0 Å². The molecule has 0 aliphatic heterocycles. The second-order valence-corrected chi connectivity index (χ2v) is 11.4. The van der Waals surface area contributed by atoms with Gasteiger partial charge in [-0.1, -0.05) is 43.8 Å². The number of aromatic nitrogens is 4. The minimum atomic E-state index is -3.58. The Labute approximate surface area is 221 Å². The average molecular weight is 541 g/mol. The molecular weight excluding hydrogens is 508 g/mol. The maximum atomic E-state index is 13.0. The number of aryl methyl sites for hydroxylation is 2. The lowest BCUT2D eigenvalue weighted by molar-refractivity contribution is -0.113. The van der Waals surface area contributed by atoms with E-state index in [1.54, 1.807) is 18.2 Å². The Hall–Kier alpha value is -3.15. The summed E-state index contributed by atoms with van der Waals surface area (Å²) in [5, 5.41) is 8.25. The van der Waals surface area contributed by atoms with Crippen molar-refractivity contribution >= 4 is 44.4 Å². The zero-order valence-electron chi connectivity index (χ0n) is 21.7. The van der Waals surface area contributed by atoms with Crippen molar-refractivity contribution in [2.75, 3.05) is 24.2 Å². The van der Waals surface area contributed by atoms with Crippen molar-refractivity contribution in [2.45, 2.75) is 51.2 Å². The summed E-state index contributed by atoms with van der Waals surface area (Å²) in [7, 11) is -3.58. The Kier molecular flexibility index (Phi) is 8.05. The monoisotopic (exact) mass is 540 g/mol. The molecule has 4 rings (SSSR count). The average Bonchev–Trinajstić information content (AvgIpc) is 3.39. The van der Waals surface area contributed by atoms with Gasteiger partial charge >= 0.3 is 0 Å². The summed E-state index contributed by atoms with van der Waals surface area (Å²) in [6.45, 7) is 10.9. The number of carbonyl (C=O) groups excluding carboxylic acids is 1. The molecule has 0 saturated carbocycles. The number of benzene rings is 2. The number of fused-ring (bicyclic) bond motifs is 1. The van der Waals surface area contributed by atoms with Gasteiger partial charge in [-0.05, 0) is 51.1 Å². The van der Waals surface area contributed by atoms with Gasteiger partial charge in [0.2, 0.25) is 15.9 Å². The SMILES string of the molecule is CCN(CC)S(=O)(=O)c1ccc2c(c1)nc(SCC(=O)Nc1c(C)nn(-c3ccccc3)c1C)n2CC. The van der Waals surface area contributed by atoms with Crippen LogP contribution >= 0.6 is 11.8 Å². The van der Waals surface area contributed by atoms with Gasteiger partial charge in [0.05, 0.1) is 44.4 Å². The summed E-state index contributed by atoms with van der Waals surface area (Å²) in [5.74, 6) is -0.00752. The molecule has 4 aromatic rings. The van der Waals surface area contributed by atoms with E-state index in [4.69, 9.17) is 0 Å². The van der Waals surface area contributed by atoms with Crippen molar-refractivity contribution in [3.8, 4) is 5.69 Å². The third-order valence-electron chi connectivity index (χ3n) is 6.23. The molecule has 196 valence electrons. The number of imidazole rings is 1. The van der Waals surface area contributed by atoms with Gasteiger partial charge in [-0.2, -0.15) is 9.40 Å². The van der Waals surface area contributed by atoms with Crippen LogP contribution in [0.1, 0.15) is 32.2 Å². The van der Waals surface area contributed by atoms with E-state index in [2.05, 4.69) is 15.4 Å². The van der Waals surface area contributed by atoms with E-state index >= 15 is 0 Å². The van der Waals surface area contributed by atoms with Gasteiger partial charge in [-0.25, -0.2) is 18.1 Å². The van der Waals surface area contributed by atoms with E-state index < -0.39 is 10.0 Å². The van der Waals surface area contributed by atoms with Crippen molar-refractivity contribution in [3.05, 3.63) is 59.9 Å². The highest BCUT2D eigenvalue weighted by Crippen LogP contribution is 2.28. The Balaban J connectivity index is 1.53. The standard InChI is InChI=1S/C26H32N6O3S2/c1-6-30(7-2)37(34,35)21-14-15-23-22(16-21)27-26(31(23)8-3)36-17-24(33)28-25-18(4)29-32(19(25)5)20-12-10-9-11-13-20/h9-16H,6-8,17H2,1-5H3,(H,28,33). The predicted molar refractivity (Wildman–Crippen MR) is 148 cm³/mol. The summed E-state index contributed by atoms with van der Waals surface area (Å²) in [6.07, 6.45) is 0. The Morgan fingerprint density at radius 1 is 1.05 bits per heavy atom. The van der Waals surface area contributed by atoms with Crippen LogP contribution in [0, 0.1) is 13.8 Å². The van der Waals surface area contributed by atoms with Gasteiger partial charge in [0, 0.05) is 19.6 Å². The van der Waals surface area contributed by atoms with Crippen molar-refractivity contribution < 1.29 is 13.2 Å². The van der Waals surface area contributed by atoms with Crippen LogP contribution in [-0.4, -0.2) is 56.8 Å². The highest BCUT2D eigenvalue weighted by molar-refractivity contribution is 7.99. The molecule has 1 amide bonds. The van der Waals surface area contributed by atoms with Crippen molar-refractivity contribution in [2.24, 2.45) is 0 Å². The van der Waals surface area contributed by atoms with Crippen LogP contribution < -0.4 is 5.32 Å². The molecule has 2 aromatic carbocycles. The first-order valence-electron chi connectivity index (χ1n) is 12.3. The van der Waals surface area contributed by atoms with Gasteiger partial charge < -0.3 is 9.88 Å². The fourth-order valence-corrected chi connectivity index (χ4v) is 6.68. The number of amides is 1. The molecule has 0 spiro atoms. The molecule has 0 bridgehead atoms. The highest BCUT2D eigenvalue weighted by Gasteiger charge is 2.23. The normalized spacial score (nSPS) is 11.9. The minimum Gasteiger partial charge on any atom is -0.322 e. The fourth-order valence-electron chi connectivity index (χ4n) is 4.33. The number of hydrogen-bond acceptors (Lipinski definition) is 6. The van der Waals surface area contributed by atoms with Gasteiger partial charge in [-0.3, -0.25) is 4.79 Å². The van der Waals surface area contributed by atoms with Crippen molar-refractivity contribution in [1.82, 2.24) is 23.6 Å². The molecule has 0 atom stereocenters. The second kappa shape index (κ2) is 11.1. The summed E-state index contributed by atoms with van der Waals surface area (Å²) >= 11 is 1.32. The lowest BCUT2D eigenvalue weighted by Gasteiger charge is -2.18. The van der Waals surface area contributed by atoms with Crippen LogP contribution in [0.3, 0.4) is 0 Å². The lowest BCUT2D eigenvalue weighted by atomic mass is 10.3. The highest BCUT2D eigenvalue weighted by atomic mass is 32.2. The zero-order chi connectivity index (χ0) is 26.7. The number of nitrogens with zero attached hydrogens (tertiary/aromatic N) is 5. The molecule has 2 heterocycles. The Morgan fingerprint density at radius 3 is 2.41 bits per heavy atom. The van der Waals surface area contributed by atoms with E-state index in [0.717, 1.165) is 22.6 Å². The maximum absolute atomic E-state index is 13.0.